The highest BCUT2D eigenvalue weighted by molar-refractivity contribution is 6.05. The minimum Gasteiger partial charge on any atom is -0.341 e. The lowest BCUT2D eigenvalue weighted by Gasteiger charge is -2.26. The molecule has 0 unspecified atom stereocenters. The summed E-state index contributed by atoms with van der Waals surface area (Å²) in [6.07, 6.45) is 5.14. The van der Waals surface area contributed by atoms with Crippen LogP contribution in [0.15, 0.2) is 30.5 Å². The number of nitrogens with zero attached hydrogens (tertiary/aromatic N) is 3. The third-order valence-electron chi connectivity index (χ3n) is 4.31. The van der Waals surface area contributed by atoms with Gasteiger partial charge in [0.15, 0.2) is 0 Å². The molecule has 0 spiro atoms. The first-order valence-corrected chi connectivity index (χ1v) is 8.80. The van der Waals surface area contributed by atoms with Crippen LogP contribution in [0.4, 0.5) is 17.3 Å². The fourth-order valence-corrected chi connectivity index (χ4v) is 2.96. The second-order valence-electron chi connectivity index (χ2n) is 6.43. The van der Waals surface area contributed by atoms with Crippen molar-refractivity contribution in [3.8, 4) is 0 Å². The molecule has 1 aromatic carbocycles. The van der Waals surface area contributed by atoms with E-state index >= 15 is 0 Å². The number of piperidine rings is 1. The monoisotopic (exact) mass is 353 g/mol. The van der Waals surface area contributed by atoms with Crippen molar-refractivity contribution in [2.75, 3.05) is 28.6 Å². The summed E-state index contributed by atoms with van der Waals surface area (Å²) in [5, 5.41) is 5.52. The molecule has 26 heavy (non-hydrogen) atoms. The molecule has 0 aliphatic carbocycles. The van der Waals surface area contributed by atoms with Crippen molar-refractivity contribution in [2.24, 2.45) is 0 Å². The van der Waals surface area contributed by atoms with Crippen LogP contribution in [0.25, 0.3) is 0 Å². The van der Waals surface area contributed by atoms with Crippen molar-refractivity contribution >= 4 is 29.1 Å². The summed E-state index contributed by atoms with van der Waals surface area (Å²) < 4.78 is 0. The highest BCUT2D eigenvalue weighted by atomic mass is 16.2. The van der Waals surface area contributed by atoms with Crippen LogP contribution in [0, 0.1) is 6.92 Å². The van der Waals surface area contributed by atoms with Gasteiger partial charge in [0.05, 0.1) is 11.3 Å². The first-order valence-electron chi connectivity index (χ1n) is 8.80. The van der Waals surface area contributed by atoms with E-state index in [2.05, 4.69) is 25.5 Å². The fourth-order valence-electron chi connectivity index (χ4n) is 2.96. The molecule has 1 fully saturated rings. The third-order valence-corrected chi connectivity index (χ3v) is 4.31. The zero-order valence-electron chi connectivity index (χ0n) is 15.1. The predicted molar refractivity (Wildman–Crippen MR) is 102 cm³/mol. The zero-order valence-corrected chi connectivity index (χ0v) is 15.1. The highest BCUT2D eigenvalue weighted by Gasteiger charge is 2.17. The summed E-state index contributed by atoms with van der Waals surface area (Å²) in [6, 6.07) is 6.95. The van der Waals surface area contributed by atoms with Gasteiger partial charge in [-0.25, -0.2) is 9.97 Å². The van der Waals surface area contributed by atoms with E-state index in [4.69, 9.17) is 0 Å². The summed E-state index contributed by atoms with van der Waals surface area (Å²) in [4.78, 5) is 34.6. The molecule has 2 aromatic rings. The van der Waals surface area contributed by atoms with Crippen molar-refractivity contribution in [3.05, 3.63) is 41.7 Å². The van der Waals surface area contributed by atoms with Crippen LogP contribution in [0.5, 0.6) is 0 Å². The number of hydrogen-bond donors (Lipinski definition) is 2. The van der Waals surface area contributed by atoms with Gasteiger partial charge in [0, 0.05) is 37.6 Å². The minimum absolute atomic E-state index is 0.136. The average molecular weight is 353 g/mol. The van der Waals surface area contributed by atoms with Gasteiger partial charge in [-0.15, -0.1) is 0 Å². The molecule has 0 saturated carbocycles. The number of aromatic nitrogens is 2. The molecule has 2 N–H and O–H groups in total. The van der Waals surface area contributed by atoms with Crippen LogP contribution in [0.3, 0.4) is 0 Å². The van der Waals surface area contributed by atoms with Crippen molar-refractivity contribution in [1.82, 2.24) is 9.97 Å². The molecular weight excluding hydrogens is 330 g/mol. The van der Waals surface area contributed by atoms with Crippen LogP contribution < -0.4 is 15.5 Å². The summed E-state index contributed by atoms with van der Waals surface area (Å²) >= 11 is 0. The minimum atomic E-state index is -0.250. The molecule has 0 atom stereocenters. The van der Waals surface area contributed by atoms with Gasteiger partial charge in [0.1, 0.15) is 0 Å². The molecular formula is C19H23N5O2. The van der Waals surface area contributed by atoms with Gasteiger partial charge in [0.2, 0.25) is 11.9 Å². The van der Waals surface area contributed by atoms with Gasteiger partial charge in [0.25, 0.3) is 5.91 Å². The lowest BCUT2D eigenvalue weighted by molar-refractivity contribution is -0.114. The van der Waals surface area contributed by atoms with Crippen molar-refractivity contribution < 1.29 is 9.59 Å². The highest BCUT2D eigenvalue weighted by Crippen LogP contribution is 2.18. The largest absolute Gasteiger partial charge is 0.341 e. The maximum absolute atomic E-state index is 12.5. The van der Waals surface area contributed by atoms with Crippen molar-refractivity contribution in [3.63, 3.8) is 0 Å². The molecule has 0 radical (unpaired) electrons. The zero-order chi connectivity index (χ0) is 18.5. The number of benzene rings is 1. The smallest absolute Gasteiger partial charge is 0.259 e. The van der Waals surface area contributed by atoms with Crippen molar-refractivity contribution in [2.45, 2.75) is 33.1 Å². The first kappa shape index (κ1) is 17.8. The molecule has 2 heterocycles. The molecule has 1 aromatic heterocycles. The lowest BCUT2D eigenvalue weighted by atomic mass is 10.1. The van der Waals surface area contributed by atoms with E-state index in [-0.39, 0.29) is 11.8 Å². The Balaban J connectivity index is 1.68. The summed E-state index contributed by atoms with van der Waals surface area (Å²) in [6.45, 7) is 5.20. The van der Waals surface area contributed by atoms with Gasteiger partial charge >= 0.3 is 0 Å². The van der Waals surface area contributed by atoms with Gasteiger partial charge in [-0.3, -0.25) is 9.59 Å². The van der Waals surface area contributed by atoms with E-state index in [0.717, 1.165) is 25.9 Å². The number of amides is 2. The molecule has 3 rings (SSSR count). The summed E-state index contributed by atoms with van der Waals surface area (Å²) in [7, 11) is 0. The third kappa shape index (κ3) is 4.36. The number of anilines is 3. The Labute approximate surface area is 152 Å². The summed E-state index contributed by atoms with van der Waals surface area (Å²) in [5.41, 5.74) is 2.44. The van der Waals surface area contributed by atoms with Crippen LogP contribution in [-0.2, 0) is 4.79 Å². The molecule has 1 aliphatic rings. The number of carbonyl (C=O) groups excluding carboxylic acids is 2. The van der Waals surface area contributed by atoms with Crippen LogP contribution in [0.2, 0.25) is 0 Å². The fraction of sp³-hybridized carbons (Fsp3) is 0.368. The Kier molecular flexibility index (Phi) is 5.46. The molecule has 136 valence electrons. The maximum atomic E-state index is 12.5. The van der Waals surface area contributed by atoms with Gasteiger partial charge in [-0.2, -0.15) is 0 Å². The van der Waals surface area contributed by atoms with Gasteiger partial charge in [-0.05, 0) is 50.5 Å². The number of aryl methyl sites for hydroxylation is 1. The standard InChI is InChI=1S/C19H23N5O2/c1-13-17(12-20-19(21-13)24-10-4-3-5-11-24)18(26)23-16-8-6-15(7-9-16)22-14(2)25/h6-9,12H,3-5,10-11H2,1-2H3,(H,22,25)(H,23,26). The van der Waals surface area contributed by atoms with E-state index in [0.29, 0.717) is 28.6 Å². The average Bonchev–Trinajstić information content (AvgIpc) is 2.63. The quantitative estimate of drug-likeness (QED) is 0.882. The molecule has 1 saturated heterocycles. The van der Waals surface area contributed by atoms with E-state index in [1.165, 1.54) is 13.3 Å². The van der Waals surface area contributed by atoms with E-state index in [1.807, 2.05) is 6.92 Å². The van der Waals surface area contributed by atoms with Crippen LogP contribution in [0.1, 0.15) is 42.2 Å². The number of carbonyl (C=O) groups is 2. The summed E-state index contributed by atoms with van der Waals surface area (Å²) in [5.74, 6) is 0.307. The Bertz CT molecular complexity index is 798. The Morgan fingerprint density at radius 3 is 2.19 bits per heavy atom. The number of rotatable bonds is 4. The normalized spacial score (nSPS) is 14.0. The Morgan fingerprint density at radius 1 is 1.00 bits per heavy atom. The number of nitrogens with one attached hydrogen (secondary N) is 2. The van der Waals surface area contributed by atoms with E-state index < -0.39 is 0 Å². The number of hydrogen-bond acceptors (Lipinski definition) is 5. The second-order valence-corrected chi connectivity index (χ2v) is 6.43. The molecule has 7 nitrogen and oxygen atoms in total. The molecule has 7 heteroatoms. The van der Waals surface area contributed by atoms with Crippen LogP contribution >= 0.6 is 0 Å². The van der Waals surface area contributed by atoms with Gasteiger partial charge < -0.3 is 15.5 Å². The van der Waals surface area contributed by atoms with Crippen LogP contribution in [-0.4, -0.2) is 34.9 Å². The maximum Gasteiger partial charge on any atom is 0.259 e. The van der Waals surface area contributed by atoms with E-state index in [9.17, 15) is 9.59 Å². The van der Waals surface area contributed by atoms with Crippen molar-refractivity contribution in [1.29, 1.82) is 0 Å². The molecule has 1 aliphatic heterocycles. The topological polar surface area (TPSA) is 87.2 Å². The van der Waals surface area contributed by atoms with E-state index in [1.54, 1.807) is 30.5 Å². The lowest BCUT2D eigenvalue weighted by Crippen LogP contribution is -2.31. The second kappa shape index (κ2) is 7.95. The Morgan fingerprint density at radius 2 is 1.62 bits per heavy atom. The molecule has 0 bridgehead atoms. The Hall–Kier alpha value is -2.96. The molecule has 2 amide bonds. The predicted octanol–water partition coefficient (Wildman–Crippen LogP) is 2.99. The first-order chi connectivity index (χ1) is 12.5. The van der Waals surface area contributed by atoms with Gasteiger partial charge in [-0.1, -0.05) is 0 Å². The SMILES string of the molecule is CC(=O)Nc1ccc(NC(=O)c2cnc(N3CCCCC3)nc2C)cc1.